The fraction of sp³-hybridized carbons (Fsp3) is 0.500. The molecule has 1 aromatic carbocycles. The first kappa shape index (κ1) is 22.7. The van der Waals surface area contributed by atoms with Gasteiger partial charge in [0.1, 0.15) is 0 Å². The van der Waals surface area contributed by atoms with Crippen molar-refractivity contribution in [2.24, 2.45) is 11.8 Å². The Hall–Kier alpha value is 0.694. The van der Waals surface area contributed by atoms with Crippen LogP contribution in [-0.4, -0.2) is 23.1 Å². The molecule has 1 aliphatic rings. The number of halogens is 3. The predicted molar refractivity (Wildman–Crippen MR) is 101 cm³/mol. The van der Waals surface area contributed by atoms with Gasteiger partial charge in [0.15, 0.2) is 0 Å². The molecule has 4 atom stereocenters. The first-order valence-corrected chi connectivity index (χ1v) is 9.17. The van der Waals surface area contributed by atoms with E-state index >= 15 is 0 Å². The summed E-state index contributed by atoms with van der Waals surface area (Å²) in [5.41, 5.74) is 0.860. The van der Waals surface area contributed by atoms with Crippen LogP contribution < -0.4 is 5.32 Å². The smallest absolute Gasteiger partial charge is 0.0602 e. The summed E-state index contributed by atoms with van der Waals surface area (Å²) in [6.07, 6.45) is 7.31. The van der Waals surface area contributed by atoms with Crippen LogP contribution in [0.25, 0.3) is 0 Å². The van der Waals surface area contributed by atoms with Gasteiger partial charge in [-0.25, -0.2) is 0 Å². The monoisotopic (exact) mass is 463 g/mol. The van der Waals surface area contributed by atoms with E-state index < -0.39 is 0 Å². The van der Waals surface area contributed by atoms with E-state index in [2.05, 4.69) is 24.4 Å². The SMILES string of the molecule is [CH2-]CC/C=C\C[C@@H]1[C@@H](CNc2cc(Cl)cc(Cl)c2)[C@H](O)C[C@H]1Cl.[Y]. The first-order valence-electron chi connectivity index (χ1n) is 7.97. The van der Waals surface area contributed by atoms with Gasteiger partial charge in [-0.05, 0) is 37.0 Å². The van der Waals surface area contributed by atoms with Crippen LogP contribution in [0, 0.1) is 18.8 Å². The van der Waals surface area contributed by atoms with Crippen LogP contribution >= 0.6 is 34.8 Å². The number of rotatable bonds is 7. The molecule has 1 radical (unpaired) electrons. The van der Waals surface area contributed by atoms with Crippen LogP contribution in [0.3, 0.4) is 0 Å². The molecule has 0 aliphatic heterocycles. The summed E-state index contributed by atoms with van der Waals surface area (Å²) in [5.74, 6) is 0.370. The zero-order valence-corrected chi connectivity index (χ0v) is 18.7. The predicted octanol–water partition coefficient (Wildman–Crippen LogP) is 5.57. The van der Waals surface area contributed by atoms with Crippen LogP contribution in [0.4, 0.5) is 5.69 Å². The summed E-state index contributed by atoms with van der Waals surface area (Å²) in [4.78, 5) is 0. The third-order valence-corrected chi connectivity index (χ3v) is 5.26. The molecular formula is C18H23Cl3NOY-. The minimum absolute atomic E-state index is 0. The molecule has 0 aromatic heterocycles. The maximum absolute atomic E-state index is 10.3. The maximum Gasteiger partial charge on any atom is 0.0602 e. The molecule has 2 N–H and O–H groups in total. The van der Waals surface area contributed by atoms with Crippen molar-refractivity contribution in [3.05, 3.63) is 47.3 Å². The number of aliphatic hydroxyl groups excluding tert-OH is 1. The quantitative estimate of drug-likeness (QED) is 0.314. The third-order valence-electron chi connectivity index (χ3n) is 4.33. The number of allylic oxidation sites excluding steroid dienone is 2. The van der Waals surface area contributed by atoms with E-state index in [0.717, 1.165) is 24.9 Å². The van der Waals surface area contributed by atoms with Gasteiger partial charge in [-0.1, -0.05) is 41.8 Å². The summed E-state index contributed by atoms with van der Waals surface area (Å²) in [7, 11) is 0. The second-order valence-corrected chi connectivity index (χ2v) is 7.47. The van der Waals surface area contributed by atoms with Crippen molar-refractivity contribution in [1.82, 2.24) is 0 Å². The second kappa shape index (κ2) is 11.4. The summed E-state index contributed by atoms with van der Waals surface area (Å²) < 4.78 is 0. The molecular weight excluding hydrogens is 441 g/mol. The molecule has 131 valence electrons. The van der Waals surface area contributed by atoms with Gasteiger partial charge in [0, 0.05) is 66.3 Å². The van der Waals surface area contributed by atoms with Crippen molar-refractivity contribution in [3.8, 4) is 0 Å². The Balaban J connectivity index is 0.00000288. The molecule has 1 fully saturated rings. The van der Waals surface area contributed by atoms with E-state index in [1.54, 1.807) is 6.07 Å². The van der Waals surface area contributed by atoms with E-state index in [1.165, 1.54) is 0 Å². The van der Waals surface area contributed by atoms with Crippen molar-refractivity contribution in [2.75, 3.05) is 11.9 Å². The molecule has 24 heavy (non-hydrogen) atoms. The second-order valence-electron chi connectivity index (χ2n) is 6.04. The van der Waals surface area contributed by atoms with Crippen molar-refractivity contribution in [3.63, 3.8) is 0 Å². The molecule has 0 spiro atoms. The Kier molecular flexibility index (Phi) is 10.8. The number of nitrogens with one attached hydrogen (secondary N) is 1. The summed E-state index contributed by atoms with van der Waals surface area (Å²) in [5, 5.41) is 14.8. The van der Waals surface area contributed by atoms with Crippen LogP contribution in [0.5, 0.6) is 0 Å². The number of hydrogen-bond donors (Lipinski definition) is 2. The number of aliphatic hydroxyl groups is 1. The average Bonchev–Trinajstić information content (AvgIpc) is 2.74. The molecule has 2 nitrogen and oxygen atoms in total. The van der Waals surface area contributed by atoms with Crippen molar-refractivity contribution in [2.45, 2.75) is 37.2 Å². The molecule has 0 unspecified atom stereocenters. The van der Waals surface area contributed by atoms with Crippen LogP contribution in [-0.2, 0) is 32.7 Å². The maximum atomic E-state index is 10.3. The number of benzene rings is 1. The van der Waals surface area contributed by atoms with E-state index in [-0.39, 0.29) is 56.0 Å². The number of anilines is 1. The Bertz CT molecular complexity index is 521. The standard InChI is InChI=1S/C18H23Cl3NO.Y/c1-2-3-4-5-6-15-16(18(23)10-17(15)21)11-22-14-8-12(19)7-13(20)9-14;/h4-5,7-9,15-18,22-23H,1-3,6,10-11H2;/q-1;/b5-4-;/t15-,16-,17-,18-;/m1./s1. The van der Waals surface area contributed by atoms with Crippen LogP contribution in [0.15, 0.2) is 30.4 Å². The largest absolute Gasteiger partial charge is 0.393 e. The van der Waals surface area contributed by atoms with Gasteiger partial charge in [0.05, 0.1) is 6.10 Å². The minimum atomic E-state index is -0.383. The number of unbranched alkanes of at least 4 members (excludes halogenated alkanes) is 1. The van der Waals surface area contributed by atoms with Gasteiger partial charge < -0.3 is 17.3 Å². The Morgan fingerprint density at radius 2 is 1.83 bits per heavy atom. The molecule has 0 saturated heterocycles. The van der Waals surface area contributed by atoms with E-state index in [9.17, 15) is 5.11 Å². The normalized spacial score (nSPS) is 26.5. The number of hydrogen-bond acceptors (Lipinski definition) is 2. The minimum Gasteiger partial charge on any atom is -0.393 e. The van der Waals surface area contributed by atoms with Crippen LogP contribution in [0.1, 0.15) is 25.7 Å². The zero-order chi connectivity index (χ0) is 16.8. The molecule has 1 aliphatic carbocycles. The summed E-state index contributed by atoms with van der Waals surface area (Å²) >= 11 is 18.5. The molecule has 1 saturated carbocycles. The average molecular weight is 465 g/mol. The Labute approximate surface area is 185 Å². The fourth-order valence-electron chi connectivity index (χ4n) is 3.12. The zero-order valence-electron chi connectivity index (χ0n) is 13.6. The van der Waals surface area contributed by atoms with Gasteiger partial charge in [-0.2, -0.15) is 6.42 Å². The van der Waals surface area contributed by atoms with Crippen molar-refractivity contribution < 1.29 is 37.8 Å². The Morgan fingerprint density at radius 3 is 2.46 bits per heavy atom. The number of alkyl halides is 1. The van der Waals surface area contributed by atoms with Gasteiger partial charge in [-0.15, -0.1) is 11.6 Å². The summed E-state index contributed by atoms with van der Waals surface area (Å²) in [6, 6.07) is 5.36. The molecule has 2 rings (SSSR count). The summed E-state index contributed by atoms with van der Waals surface area (Å²) in [6.45, 7) is 4.47. The van der Waals surface area contributed by atoms with Gasteiger partial charge in [0.25, 0.3) is 0 Å². The molecule has 0 bridgehead atoms. The van der Waals surface area contributed by atoms with Crippen LogP contribution in [0.2, 0.25) is 10.0 Å². The van der Waals surface area contributed by atoms with Crippen molar-refractivity contribution >= 4 is 40.5 Å². The Morgan fingerprint density at radius 1 is 1.17 bits per heavy atom. The van der Waals surface area contributed by atoms with Crippen molar-refractivity contribution in [1.29, 1.82) is 0 Å². The molecule has 0 heterocycles. The third kappa shape index (κ3) is 6.78. The van der Waals surface area contributed by atoms with Gasteiger partial charge >= 0.3 is 0 Å². The van der Waals surface area contributed by atoms with Gasteiger partial charge in [-0.3, -0.25) is 0 Å². The first-order chi connectivity index (χ1) is 11.0. The topological polar surface area (TPSA) is 32.3 Å². The van der Waals surface area contributed by atoms with E-state index in [4.69, 9.17) is 34.8 Å². The van der Waals surface area contributed by atoms with E-state index in [0.29, 0.717) is 23.0 Å². The van der Waals surface area contributed by atoms with E-state index in [1.807, 2.05) is 12.1 Å². The molecule has 0 amide bonds. The molecule has 6 heteroatoms. The molecule has 1 aromatic rings. The van der Waals surface area contributed by atoms with Gasteiger partial charge in [0.2, 0.25) is 0 Å². The fourth-order valence-corrected chi connectivity index (χ4v) is 4.12.